The molecular weight excluding hydrogens is 272 g/mol. The summed E-state index contributed by atoms with van der Waals surface area (Å²) in [4.78, 5) is 4.27. The minimum atomic E-state index is 0.0169. The van der Waals surface area contributed by atoms with E-state index in [-0.39, 0.29) is 6.61 Å². The van der Waals surface area contributed by atoms with Crippen molar-refractivity contribution >= 4 is 11.8 Å². The molecule has 1 N–H and O–H groups in total. The topological polar surface area (TPSA) is 47.3 Å². The number of nitrogens with zero attached hydrogens (tertiary/aromatic N) is 2. The van der Waals surface area contributed by atoms with E-state index < -0.39 is 0 Å². The van der Waals surface area contributed by atoms with Crippen LogP contribution in [-0.2, 0) is 13.7 Å². The van der Waals surface area contributed by atoms with E-state index in [0.717, 1.165) is 27.9 Å². The number of hydrogen-bond donors (Lipinski definition) is 1. The van der Waals surface area contributed by atoms with Crippen LogP contribution in [0.5, 0.6) is 5.75 Å². The van der Waals surface area contributed by atoms with Crippen LogP contribution in [0.3, 0.4) is 0 Å². The smallest absolute Gasteiger partial charge is 0.168 e. The highest BCUT2D eigenvalue weighted by Crippen LogP contribution is 2.21. The quantitative estimate of drug-likeness (QED) is 0.657. The van der Waals surface area contributed by atoms with Crippen molar-refractivity contribution in [1.29, 1.82) is 0 Å². The molecule has 0 amide bonds. The van der Waals surface area contributed by atoms with Gasteiger partial charge in [-0.05, 0) is 31.0 Å². The predicted octanol–water partition coefficient (Wildman–Crippen LogP) is 2.70. The van der Waals surface area contributed by atoms with Gasteiger partial charge in [0.15, 0.2) is 5.16 Å². The first-order chi connectivity index (χ1) is 9.61. The molecule has 0 bridgehead atoms. The molecule has 0 saturated heterocycles. The second-order valence-electron chi connectivity index (χ2n) is 4.72. The molecule has 0 spiro atoms. The van der Waals surface area contributed by atoms with E-state index in [1.807, 2.05) is 18.5 Å². The zero-order chi connectivity index (χ0) is 14.5. The van der Waals surface area contributed by atoms with Crippen molar-refractivity contribution in [3.8, 4) is 5.75 Å². The Bertz CT molecular complexity index is 581. The molecule has 0 fully saturated rings. The molecule has 1 heterocycles. The fourth-order valence-corrected chi connectivity index (χ4v) is 2.64. The minimum absolute atomic E-state index is 0.0169. The number of benzene rings is 1. The van der Waals surface area contributed by atoms with E-state index in [1.165, 1.54) is 5.56 Å². The highest BCUT2D eigenvalue weighted by Gasteiger charge is 2.06. The van der Waals surface area contributed by atoms with Crippen molar-refractivity contribution in [1.82, 2.24) is 9.55 Å². The van der Waals surface area contributed by atoms with Crippen molar-refractivity contribution in [2.24, 2.45) is 7.05 Å². The summed E-state index contributed by atoms with van der Waals surface area (Å²) in [5.41, 5.74) is 3.18. The molecule has 20 heavy (non-hydrogen) atoms. The summed E-state index contributed by atoms with van der Waals surface area (Å²) in [7, 11) is 1.91. The second-order valence-corrected chi connectivity index (χ2v) is 5.78. The number of ether oxygens (including phenoxy) is 1. The van der Waals surface area contributed by atoms with Gasteiger partial charge in [-0.2, -0.15) is 0 Å². The lowest BCUT2D eigenvalue weighted by molar-refractivity contribution is 0.271. The van der Waals surface area contributed by atoms with Crippen molar-refractivity contribution in [2.45, 2.75) is 25.6 Å². The van der Waals surface area contributed by atoms with Crippen LogP contribution in [0.1, 0.15) is 16.8 Å². The minimum Gasteiger partial charge on any atom is -0.492 e. The molecule has 2 aromatic rings. The lowest BCUT2D eigenvalue weighted by Gasteiger charge is -2.10. The van der Waals surface area contributed by atoms with Crippen LogP contribution in [0.25, 0.3) is 0 Å². The summed E-state index contributed by atoms with van der Waals surface area (Å²) in [6.45, 7) is 4.76. The Kier molecular flexibility index (Phi) is 5.09. The standard InChI is InChI=1S/C15H20N2O2S/c1-11-4-5-12(2)14(8-11)19-6-7-20-15-16-9-13(10-18)17(15)3/h4-5,8-9,18H,6-7,10H2,1-3H3. The zero-order valence-electron chi connectivity index (χ0n) is 12.1. The molecule has 0 aliphatic carbocycles. The molecule has 0 aliphatic heterocycles. The van der Waals surface area contributed by atoms with Crippen LogP contribution in [-0.4, -0.2) is 27.0 Å². The number of thioether (sulfide) groups is 1. The van der Waals surface area contributed by atoms with E-state index in [0.29, 0.717) is 6.61 Å². The van der Waals surface area contributed by atoms with Crippen molar-refractivity contribution in [3.05, 3.63) is 41.2 Å². The van der Waals surface area contributed by atoms with Gasteiger partial charge in [-0.1, -0.05) is 23.9 Å². The van der Waals surface area contributed by atoms with Crippen molar-refractivity contribution < 1.29 is 9.84 Å². The number of rotatable bonds is 6. The number of aromatic nitrogens is 2. The van der Waals surface area contributed by atoms with Crippen LogP contribution in [0.2, 0.25) is 0 Å². The van der Waals surface area contributed by atoms with Gasteiger partial charge in [0.1, 0.15) is 5.75 Å². The lowest BCUT2D eigenvalue weighted by Crippen LogP contribution is -2.03. The molecular formula is C15H20N2O2S. The highest BCUT2D eigenvalue weighted by molar-refractivity contribution is 7.99. The van der Waals surface area contributed by atoms with Gasteiger partial charge in [-0.25, -0.2) is 4.98 Å². The van der Waals surface area contributed by atoms with Crippen LogP contribution < -0.4 is 4.74 Å². The first-order valence-electron chi connectivity index (χ1n) is 6.56. The molecule has 0 unspecified atom stereocenters. The van der Waals surface area contributed by atoms with E-state index in [9.17, 15) is 0 Å². The van der Waals surface area contributed by atoms with Gasteiger partial charge in [0.05, 0.1) is 25.1 Å². The van der Waals surface area contributed by atoms with E-state index >= 15 is 0 Å². The highest BCUT2D eigenvalue weighted by atomic mass is 32.2. The maximum absolute atomic E-state index is 9.11. The average molecular weight is 292 g/mol. The molecule has 1 aromatic heterocycles. The van der Waals surface area contributed by atoms with Crippen molar-refractivity contribution in [2.75, 3.05) is 12.4 Å². The SMILES string of the molecule is Cc1ccc(C)c(OCCSc2ncc(CO)n2C)c1. The summed E-state index contributed by atoms with van der Waals surface area (Å²) < 4.78 is 7.71. The molecule has 0 atom stereocenters. The summed E-state index contributed by atoms with van der Waals surface area (Å²) in [5, 5.41) is 10.0. The number of aliphatic hydroxyl groups is 1. The molecule has 4 nitrogen and oxygen atoms in total. The second kappa shape index (κ2) is 6.81. The Labute approximate surface area is 123 Å². The Hall–Kier alpha value is -1.46. The maximum Gasteiger partial charge on any atom is 0.168 e. The van der Waals surface area contributed by atoms with E-state index in [4.69, 9.17) is 9.84 Å². The Morgan fingerprint density at radius 2 is 2.15 bits per heavy atom. The molecule has 0 radical (unpaired) electrons. The third-order valence-electron chi connectivity index (χ3n) is 3.12. The van der Waals surface area contributed by atoms with Gasteiger partial charge in [0.25, 0.3) is 0 Å². The molecule has 0 saturated carbocycles. The van der Waals surface area contributed by atoms with Gasteiger partial charge < -0.3 is 14.4 Å². The molecule has 1 aromatic carbocycles. The molecule has 2 rings (SSSR count). The zero-order valence-corrected chi connectivity index (χ0v) is 12.9. The molecule has 108 valence electrons. The Morgan fingerprint density at radius 1 is 1.35 bits per heavy atom. The number of aryl methyl sites for hydroxylation is 2. The average Bonchev–Trinajstić information content (AvgIpc) is 2.79. The van der Waals surface area contributed by atoms with Gasteiger partial charge >= 0.3 is 0 Å². The number of aliphatic hydroxyl groups excluding tert-OH is 1. The number of hydrogen-bond acceptors (Lipinski definition) is 4. The Balaban J connectivity index is 1.84. The van der Waals surface area contributed by atoms with Crippen LogP contribution in [0.15, 0.2) is 29.6 Å². The van der Waals surface area contributed by atoms with E-state index in [2.05, 4.69) is 30.1 Å². The lowest BCUT2D eigenvalue weighted by atomic mass is 10.1. The third kappa shape index (κ3) is 3.55. The van der Waals surface area contributed by atoms with Crippen LogP contribution in [0, 0.1) is 13.8 Å². The fraction of sp³-hybridized carbons (Fsp3) is 0.400. The van der Waals surface area contributed by atoms with Gasteiger partial charge in [0, 0.05) is 12.8 Å². The first-order valence-corrected chi connectivity index (χ1v) is 7.54. The number of imidazole rings is 1. The summed E-state index contributed by atoms with van der Waals surface area (Å²) in [6, 6.07) is 6.22. The first kappa shape index (κ1) is 14.9. The Morgan fingerprint density at radius 3 is 2.85 bits per heavy atom. The fourth-order valence-electron chi connectivity index (χ4n) is 1.85. The summed E-state index contributed by atoms with van der Waals surface area (Å²) in [5.74, 6) is 1.77. The van der Waals surface area contributed by atoms with Gasteiger partial charge in [-0.15, -0.1) is 0 Å². The van der Waals surface area contributed by atoms with Crippen LogP contribution in [0.4, 0.5) is 0 Å². The monoisotopic (exact) mass is 292 g/mol. The van der Waals surface area contributed by atoms with Gasteiger partial charge in [0.2, 0.25) is 0 Å². The normalized spacial score (nSPS) is 10.8. The third-order valence-corrected chi connectivity index (χ3v) is 4.13. The van der Waals surface area contributed by atoms with Crippen molar-refractivity contribution in [3.63, 3.8) is 0 Å². The van der Waals surface area contributed by atoms with Crippen LogP contribution >= 0.6 is 11.8 Å². The molecule has 5 heteroatoms. The largest absolute Gasteiger partial charge is 0.492 e. The van der Waals surface area contributed by atoms with E-state index in [1.54, 1.807) is 18.0 Å². The maximum atomic E-state index is 9.11. The predicted molar refractivity (Wildman–Crippen MR) is 81.3 cm³/mol. The van der Waals surface area contributed by atoms with Gasteiger partial charge in [-0.3, -0.25) is 0 Å². The summed E-state index contributed by atoms with van der Waals surface area (Å²) >= 11 is 1.63. The molecule has 0 aliphatic rings. The summed E-state index contributed by atoms with van der Waals surface area (Å²) in [6.07, 6.45) is 1.70.